The average molecular weight is 324 g/mol. The van der Waals surface area contributed by atoms with Crippen molar-refractivity contribution in [2.24, 2.45) is 0 Å². The minimum Gasteiger partial charge on any atom is -0.462 e. The van der Waals surface area contributed by atoms with E-state index in [1.807, 2.05) is 6.07 Å². The summed E-state index contributed by atoms with van der Waals surface area (Å²) in [4.78, 5) is 11.9. The molecule has 1 rings (SSSR count). The molecule has 1 aromatic rings. The molecule has 22 heavy (non-hydrogen) atoms. The van der Waals surface area contributed by atoms with Crippen LogP contribution in [0.25, 0.3) is 0 Å². The van der Waals surface area contributed by atoms with E-state index in [1.165, 1.54) is 0 Å². The lowest BCUT2D eigenvalue weighted by atomic mass is 10.1. The summed E-state index contributed by atoms with van der Waals surface area (Å²) in [6.07, 6.45) is 0. The molecule has 0 fully saturated rings. The summed E-state index contributed by atoms with van der Waals surface area (Å²) in [6.45, 7) is 13.4. The van der Waals surface area contributed by atoms with Crippen LogP contribution in [0.5, 0.6) is 0 Å². The van der Waals surface area contributed by atoms with Crippen LogP contribution in [0.4, 0.5) is 0 Å². The number of carbonyl (C=O) groups excluding carboxylic acids is 1. The van der Waals surface area contributed by atoms with Gasteiger partial charge in [-0.1, -0.05) is 26.8 Å². The molecule has 0 unspecified atom stereocenters. The first-order chi connectivity index (χ1) is 10.1. The Morgan fingerprint density at radius 2 is 1.77 bits per heavy atom. The highest BCUT2D eigenvalue weighted by Gasteiger charge is 2.37. The summed E-state index contributed by atoms with van der Waals surface area (Å²) in [7, 11) is -1.85. The van der Waals surface area contributed by atoms with E-state index in [-0.39, 0.29) is 17.6 Å². The predicted molar refractivity (Wildman–Crippen MR) is 90.3 cm³/mol. The van der Waals surface area contributed by atoms with Crippen LogP contribution in [-0.2, 0) is 22.4 Å². The SMILES string of the molecule is CCOC(=O)c1cc(CO)cc(CO[Si](C)(C)C(C)(C)C)c1. The zero-order valence-corrected chi connectivity index (χ0v) is 15.5. The van der Waals surface area contributed by atoms with E-state index < -0.39 is 8.32 Å². The first-order valence-corrected chi connectivity index (χ1v) is 10.6. The Labute approximate surface area is 134 Å². The molecule has 1 aromatic carbocycles. The van der Waals surface area contributed by atoms with Crippen molar-refractivity contribution in [1.29, 1.82) is 0 Å². The van der Waals surface area contributed by atoms with E-state index in [2.05, 4.69) is 33.9 Å². The third-order valence-corrected chi connectivity index (χ3v) is 8.63. The maximum atomic E-state index is 11.9. The summed E-state index contributed by atoms with van der Waals surface area (Å²) in [5.41, 5.74) is 2.04. The maximum absolute atomic E-state index is 11.9. The quantitative estimate of drug-likeness (QED) is 0.637. The van der Waals surface area contributed by atoms with Gasteiger partial charge >= 0.3 is 5.97 Å². The monoisotopic (exact) mass is 324 g/mol. The van der Waals surface area contributed by atoms with Gasteiger partial charge in [0.25, 0.3) is 0 Å². The van der Waals surface area contributed by atoms with Crippen LogP contribution in [0.15, 0.2) is 18.2 Å². The minimum atomic E-state index is -1.85. The molecular formula is C17H28O4Si. The second kappa shape index (κ2) is 7.40. The van der Waals surface area contributed by atoms with E-state index in [0.717, 1.165) is 5.56 Å². The van der Waals surface area contributed by atoms with Crippen molar-refractivity contribution < 1.29 is 19.1 Å². The first-order valence-electron chi connectivity index (χ1n) is 7.65. The zero-order chi connectivity index (χ0) is 17.0. The van der Waals surface area contributed by atoms with Crippen LogP contribution in [0.1, 0.15) is 49.2 Å². The van der Waals surface area contributed by atoms with Crippen molar-refractivity contribution >= 4 is 14.3 Å². The fraction of sp³-hybridized carbons (Fsp3) is 0.588. The van der Waals surface area contributed by atoms with Crippen molar-refractivity contribution in [3.63, 3.8) is 0 Å². The maximum Gasteiger partial charge on any atom is 0.338 e. The van der Waals surface area contributed by atoms with Gasteiger partial charge in [0.1, 0.15) is 0 Å². The fourth-order valence-corrected chi connectivity index (χ4v) is 2.71. The van der Waals surface area contributed by atoms with E-state index in [1.54, 1.807) is 19.1 Å². The van der Waals surface area contributed by atoms with Gasteiger partial charge in [-0.3, -0.25) is 0 Å². The fourth-order valence-electron chi connectivity index (χ4n) is 1.75. The van der Waals surface area contributed by atoms with Crippen LogP contribution in [0, 0.1) is 0 Å². The Morgan fingerprint density at radius 3 is 2.27 bits per heavy atom. The molecule has 0 bridgehead atoms. The van der Waals surface area contributed by atoms with E-state index in [9.17, 15) is 9.90 Å². The number of benzene rings is 1. The molecule has 124 valence electrons. The number of rotatable bonds is 6. The summed E-state index contributed by atoms with van der Waals surface area (Å²) < 4.78 is 11.2. The van der Waals surface area contributed by atoms with E-state index in [0.29, 0.717) is 24.3 Å². The number of aliphatic hydroxyl groups excluding tert-OH is 1. The first kappa shape index (κ1) is 18.9. The zero-order valence-electron chi connectivity index (χ0n) is 14.5. The molecule has 0 aliphatic rings. The van der Waals surface area contributed by atoms with Gasteiger partial charge in [0.05, 0.1) is 25.4 Å². The van der Waals surface area contributed by atoms with Crippen molar-refractivity contribution in [3.05, 3.63) is 34.9 Å². The second-order valence-electron chi connectivity index (χ2n) is 6.97. The average Bonchev–Trinajstić information content (AvgIpc) is 2.44. The van der Waals surface area contributed by atoms with Gasteiger partial charge in [-0.15, -0.1) is 0 Å². The highest BCUT2D eigenvalue weighted by Crippen LogP contribution is 2.37. The van der Waals surface area contributed by atoms with Crippen LogP contribution < -0.4 is 0 Å². The Hall–Kier alpha value is -1.17. The normalized spacial score (nSPS) is 12.3. The molecule has 0 spiro atoms. The van der Waals surface area contributed by atoms with Gasteiger partial charge in [0.15, 0.2) is 8.32 Å². The molecule has 0 radical (unpaired) electrons. The molecule has 1 N–H and O–H groups in total. The Balaban J connectivity index is 2.95. The summed E-state index contributed by atoms with van der Waals surface area (Å²) >= 11 is 0. The number of hydrogen-bond acceptors (Lipinski definition) is 4. The van der Waals surface area contributed by atoms with Gasteiger partial charge in [0, 0.05) is 0 Å². The van der Waals surface area contributed by atoms with Crippen molar-refractivity contribution in [3.8, 4) is 0 Å². The van der Waals surface area contributed by atoms with Crippen molar-refractivity contribution in [2.75, 3.05) is 6.61 Å². The van der Waals surface area contributed by atoms with Crippen LogP contribution in [0.3, 0.4) is 0 Å². The Kier molecular flexibility index (Phi) is 6.34. The molecule has 0 saturated heterocycles. The van der Waals surface area contributed by atoms with E-state index >= 15 is 0 Å². The molecule has 0 amide bonds. The lowest BCUT2D eigenvalue weighted by Crippen LogP contribution is -2.40. The van der Waals surface area contributed by atoms with Crippen molar-refractivity contribution in [2.45, 2.75) is 59.0 Å². The third-order valence-electron chi connectivity index (χ3n) is 4.15. The molecule has 0 saturated carbocycles. The van der Waals surface area contributed by atoms with Crippen molar-refractivity contribution in [1.82, 2.24) is 0 Å². The number of esters is 1. The third kappa shape index (κ3) is 4.93. The summed E-state index contributed by atoms with van der Waals surface area (Å²) in [6, 6.07) is 5.31. The smallest absolute Gasteiger partial charge is 0.338 e. The van der Waals surface area contributed by atoms with Gasteiger partial charge in [-0.25, -0.2) is 4.79 Å². The molecular weight excluding hydrogens is 296 g/mol. The standard InChI is InChI=1S/C17H28O4Si/c1-7-20-16(19)15-9-13(11-18)8-14(10-15)12-21-22(5,6)17(2,3)4/h8-10,18H,7,11-12H2,1-6H3. The summed E-state index contributed by atoms with van der Waals surface area (Å²) in [5, 5.41) is 9.50. The molecule has 0 aliphatic heterocycles. The Morgan fingerprint density at radius 1 is 1.18 bits per heavy atom. The highest BCUT2D eigenvalue weighted by molar-refractivity contribution is 6.74. The van der Waals surface area contributed by atoms with Crippen LogP contribution >= 0.6 is 0 Å². The molecule has 0 heterocycles. The van der Waals surface area contributed by atoms with Gasteiger partial charge < -0.3 is 14.3 Å². The minimum absolute atomic E-state index is 0.111. The number of ether oxygens (including phenoxy) is 1. The number of carbonyl (C=O) groups is 1. The molecule has 5 heteroatoms. The number of hydrogen-bond donors (Lipinski definition) is 1. The summed E-state index contributed by atoms with van der Waals surface area (Å²) in [5.74, 6) is -0.369. The predicted octanol–water partition coefficient (Wildman–Crippen LogP) is 3.88. The van der Waals surface area contributed by atoms with Crippen LogP contribution in [0.2, 0.25) is 18.1 Å². The number of aliphatic hydroxyl groups is 1. The Bertz CT molecular complexity index is 518. The highest BCUT2D eigenvalue weighted by atomic mass is 28.4. The van der Waals surface area contributed by atoms with Crippen LogP contribution in [-0.4, -0.2) is 26.0 Å². The van der Waals surface area contributed by atoms with Gasteiger partial charge in [0.2, 0.25) is 0 Å². The molecule has 4 nitrogen and oxygen atoms in total. The lowest BCUT2D eigenvalue weighted by Gasteiger charge is -2.36. The topological polar surface area (TPSA) is 55.8 Å². The molecule has 0 aromatic heterocycles. The second-order valence-corrected chi connectivity index (χ2v) is 11.8. The lowest BCUT2D eigenvalue weighted by molar-refractivity contribution is 0.0526. The molecule has 0 atom stereocenters. The van der Waals surface area contributed by atoms with Gasteiger partial charge in [-0.05, 0) is 48.3 Å². The largest absolute Gasteiger partial charge is 0.462 e. The van der Waals surface area contributed by atoms with Gasteiger partial charge in [-0.2, -0.15) is 0 Å². The van der Waals surface area contributed by atoms with E-state index in [4.69, 9.17) is 9.16 Å². The molecule has 0 aliphatic carbocycles.